The second-order valence-corrected chi connectivity index (χ2v) is 9.00. The number of nitrogens with zero attached hydrogens (tertiary/aromatic N) is 2. The van der Waals surface area contributed by atoms with Crippen LogP contribution in [0.2, 0.25) is 0 Å². The van der Waals surface area contributed by atoms with Crippen LogP contribution in [0.5, 0.6) is 11.5 Å². The zero-order chi connectivity index (χ0) is 23.6. The van der Waals surface area contributed by atoms with Crippen LogP contribution in [-0.4, -0.2) is 37.1 Å². The molecule has 0 saturated heterocycles. The van der Waals surface area contributed by atoms with Crippen molar-refractivity contribution in [1.29, 1.82) is 0 Å². The van der Waals surface area contributed by atoms with Crippen LogP contribution in [-0.2, 0) is 15.0 Å². The zero-order valence-electron chi connectivity index (χ0n) is 18.8. The van der Waals surface area contributed by atoms with Crippen molar-refractivity contribution >= 4 is 34.0 Å². The molecule has 0 bridgehead atoms. The molecule has 0 radical (unpaired) electrons. The van der Waals surface area contributed by atoms with Gasteiger partial charge in [-0.15, -0.1) is 11.3 Å². The Kier molecular flexibility index (Phi) is 6.20. The number of aromatic nitrogens is 1. The minimum Gasteiger partial charge on any atom is -0.486 e. The van der Waals surface area contributed by atoms with Crippen LogP contribution in [0.25, 0.3) is 11.3 Å². The summed E-state index contributed by atoms with van der Waals surface area (Å²) in [6, 6.07) is 13.0. The number of carbonyl (C=O) groups excluding carboxylic acids is 2. The summed E-state index contributed by atoms with van der Waals surface area (Å²) in [5, 5.41) is 5.13. The highest BCUT2D eigenvalue weighted by molar-refractivity contribution is 7.14. The Bertz CT molecular complexity index is 1220. The quantitative estimate of drug-likeness (QED) is 0.492. The van der Waals surface area contributed by atoms with Crippen LogP contribution >= 0.6 is 11.3 Å². The molecule has 0 unspecified atom stereocenters. The van der Waals surface area contributed by atoms with Crippen LogP contribution in [0.1, 0.15) is 19.4 Å². The van der Waals surface area contributed by atoms with Crippen LogP contribution in [0, 0.1) is 0 Å². The molecule has 0 saturated carbocycles. The van der Waals surface area contributed by atoms with Crippen LogP contribution in [0.15, 0.2) is 60.5 Å². The number of rotatable bonds is 8. The number of likely N-dealkylation sites (N-methyl/N-ethyl adjacent to an activating group) is 1. The van der Waals surface area contributed by atoms with Gasteiger partial charge in [0.05, 0.1) is 11.1 Å². The third-order valence-electron chi connectivity index (χ3n) is 5.48. The summed E-state index contributed by atoms with van der Waals surface area (Å²) in [5.41, 5.74) is 2.92. The van der Waals surface area contributed by atoms with Crippen molar-refractivity contribution in [3.63, 3.8) is 0 Å². The van der Waals surface area contributed by atoms with E-state index in [9.17, 15) is 9.59 Å². The van der Waals surface area contributed by atoms with E-state index in [0.29, 0.717) is 23.2 Å². The number of benzene rings is 2. The second-order valence-electron chi connectivity index (χ2n) is 8.14. The smallest absolute Gasteiger partial charge is 0.264 e. The van der Waals surface area contributed by atoms with E-state index in [0.717, 1.165) is 22.5 Å². The zero-order valence-corrected chi connectivity index (χ0v) is 19.6. The van der Waals surface area contributed by atoms with E-state index in [-0.39, 0.29) is 18.4 Å². The van der Waals surface area contributed by atoms with Gasteiger partial charge in [0.1, 0.15) is 6.61 Å². The lowest BCUT2D eigenvalue weighted by Gasteiger charge is -2.16. The Balaban J connectivity index is 1.42. The fourth-order valence-corrected chi connectivity index (χ4v) is 4.47. The number of fused-ring (bicyclic) bond motifs is 1. The topological polar surface area (TPSA) is 80.8 Å². The summed E-state index contributed by atoms with van der Waals surface area (Å²) >= 11 is 1.33. The molecule has 1 aromatic heterocycles. The summed E-state index contributed by atoms with van der Waals surface area (Å²) in [7, 11) is 1.79. The van der Waals surface area contributed by atoms with E-state index < -0.39 is 5.41 Å². The molecule has 33 heavy (non-hydrogen) atoms. The molecule has 1 aliphatic rings. The summed E-state index contributed by atoms with van der Waals surface area (Å²) in [6.07, 6.45) is 1.64. The Labute approximate surface area is 196 Å². The molecule has 2 amide bonds. The molecule has 0 aliphatic carbocycles. The maximum Gasteiger partial charge on any atom is 0.264 e. The number of amides is 2. The molecule has 0 spiro atoms. The molecule has 4 rings (SSSR count). The fraction of sp³-hybridized carbons (Fsp3) is 0.240. The molecule has 2 aromatic carbocycles. The highest BCUT2D eigenvalue weighted by Crippen LogP contribution is 2.42. The van der Waals surface area contributed by atoms with Gasteiger partial charge >= 0.3 is 0 Å². The van der Waals surface area contributed by atoms with Gasteiger partial charge in [-0.05, 0) is 43.7 Å². The van der Waals surface area contributed by atoms with E-state index in [2.05, 4.69) is 16.9 Å². The Morgan fingerprint density at radius 3 is 2.67 bits per heavy atom. The lowest BCUT2D eigenvalue weighted by molar-refractivity contribution is -0.121. The van der Waals surface area contributed by atoms with E-state index in [1.54, 1.807) is 30.2 Å². The van der Waals surface area contributed by atoms with Crippen molar-refractivity contribution < 1.29 is 19.1 Å². The normalized spacial score (nSPS) is 14.0. The largest absolute Gasteiger partial charge is 0.486 e. The molecule has 1 N–H and O–H groups in total. The molecule has 7 nitrogen and oxygen atoms in total. The number of carbonyl (C=O) groups is 2. The minimum atomic E-state index is -0.587. The predicted molar refractivity (Wildman–Crippen MR) is 130 cm³/mol. The first kappa shape index (κ1) is 22.5. The first-order valence-corrected chi connectivity index (χ1v) is 11.3. The third-order valence-corrected chi connectivity index (χ3v) is 6.24. The predicted octanol–water partition coefficient (Wildman–Crippen LogP) is 4.65. The van der Waals surface area contributed by atoms with Crippen LogP contribution in [0.4, 0.5) is 10.8 Å². The Morgan fingerprint density at radius 2 is 1.94 bits per heavy atom. The van der Waals surface area contributed by atoms with Crippen molar-refractivity contribution in [2.45, 2.75) is 19.3 Å². The average molecular weight is 464 g/mol. The lowest BCUT2D eigenvalue weighted by atomic mass is 9.85. The van der Waals surface area contributed by atoms with Crippen molar-refractivity contribution in [2.24, 2.45) is 0 Å². The number of para-hydroxylation sites is 2. The second kappa shape index (κ2) is 9.07. The van der Waals surface area contributed by atoms with Crippen molar-refractivity contribution in [1.82, 2.24) is 4.98 Å². The van der Waals surface area contributed by atoms with Gasteiger partial charge in [-0.2, -0.15) is 0 Å². The molecule has 170 valence electrons. The number of ether oxygens (including phenoxy) is 2. The van der Waals surface area contributed by atoms with Crippen molar-refractivity contribution in [2.75, 3.05) is 30.5 Å². The minimum absolute atomic E-state index is 0.0670. The summed E-state index contributed by atoms with van der Waals surface area (Å²) in [4.78, 5) is 31.2. The molecular weight excluding hydrogens is 438 g/mol. The number of hydrogen-bond acceptors (Lipinski definition) is 6. The summed E-state index contributed by atoms with van der Waals surface area (Å²) < 4.78 is 11.2. The molecule has 3 aromatic rings. The van der Waals surface area contributed by atoms with Gasteiger partial charge in [-0.3, -0.25) is 14.9 Å². The molecule has 8 heteroatoms. The Hall–Kier alpha value is -3.65. The van der Waals surface area contributed by atoms with Crippen molar-refractivity contribution in [3.8, 4) is 22.8 Å². The van der Waals surface area contributed by atoms with E-state index in [1.807, 2.05) is 49.6 Å². The van der Waals surface area contributed by atoms with Crippen LogP contribution in [0.3, 0.4) is 0 Å². The van der Waals surface area contributed by atoms with Gasteiger partial charge in [0, 0.05) is 23.7 Å². The SMILES string of the molecule is C=CCOc1ccccc1OCC(=O)Nc1nc(-c2ccc3c(c2)C(C)(C)C(=O)N3C)cs1. The summed E-state index contributed by atoms with van der Waals surface area (Å²) in [6.45, 7) is 7.65. The standard InChI is InChI=1S/C25H25N3O4S/c1-5-12-31-20-8-6-7-9-21(20)32-14-22(29)27-24-26-18(15-33-24)16-10-11-19-17(13-16)25(2,3)23(30)28(19)4/h5-11,13,15H,1,12,14H2,2-4H3,(H,26,27,29). The van der Waals surface area contributed by atoms with Gasteiger partial charge < -0.3 is 14.4 Å². The van der Waals surface area contributed by atoms with E-state index in [4.69, 9.17) is 9.47 Å². The molecule has 0 atom stereocenters. The lowest BCUT2D eigenvalue weighted by Crippen LogP contribution is -2.33. The Morgan fingerprint density at radius 1 is 1.21 bits per heavy atom. The third kappa shape index (κ3) is 4.47. The van der Waals surface area contributed by atoms with Gasteiger partial charge in [-0.1, -0.05) is 30.9 Å². The van der Waals surface area contributed by atoms with E-state index >= 15 is 0 Å². The molecule has 2 heterocycles. The maximum absolute atomic E-state index is 12.5. The average Bonchev–Trinajstić information content (AvgIpc) is 3.34. The molecule has 0 fully saturated rings. The molecule has 1 aliphatic heterocycles. The van der Waals surface area contributed by atoms with E-state index in [1.165, 1.54) is 11.3 Å². The molecular formula is C25H25N3O4S. The summed E-state index contributed by atoms with van der Waals surface area (Å²) in [5.74, 6) is 0.772. The first-order chi connectivity index (χ1) is 15.8. The number of hydrogen-bond donors (Lipinski definition) is 1. The number of thiazole rings is 1. The highest BCUT2D eigenvalue weighted by atomic mass is 32.1. The highest BCUT2D eigenvalue weighted by Gasteiger charge is 2.42. The van der Waals surface area contributed by atoms with Gasteiger partial charge in [0.2, 0.25) is 5.91 Å². The number of anilines is 2. The van der Waals surface area contributed by atoms with Crippen LogP contribution < -0.4 is 19.7 Å². The van der Waals surface area contributed by atoms with Crippen molar-refractivity contribution in [3.05, 3.63) is 66.1 Å². The van der Waals surface area contributed by atoms with Gasteiger partial charge in [0.15, 0.2) is 23.2 Å². The van der Waals surface area contributed by atoms with Gasteiger partial charge in [-0.25, -0.2) is 4.98 Å². The van der Waals surface area contributed by atoms with Gasteiger partial charge in [0.25, 0.3) is 5.91 Å². The number of nitrogens with one attached hydrogen (secondary N) is 1. The first-order valence-electron chi connectivity index (χ1n) is 10.4. The maximum atomic E-state index is 12.5. The fourth-order valence-electron chi connectivity index (χ4n) is 3.73. The monoisotopic (exact) mass is 463 g/mol.